The second-order valence-electron chi connectivity index (χ2n) is 13.1. The molecule has 8 heteroatoms. The van der Waals surface area contributed by atoms with Crippen molar-refractivity contribution in [2.45, 2.75) is 22.4 Å². The third-order valence-electron chi connectivity index (χ3n) is 10.9. The number of aromatic nitrogens is 4. The Labute approximate surface area is 274 Å². The van der Waals surface area contributed by atoms with Crippen LogP contribution in [0, 0.1) is 6.92 Å². The summed E-state index contributed by atoms with van der Waals surface area (Å²) in [6.45, 7) is 2.09. The minimum atomic E-state index is -3.65. The number of hydrogen-bond donors (Lipinski definition) is 0. The zero-order valence-corrected chi connectivity index (χ0v) is 26.4. The van der Waals surface area contributed by atoms with E-state index in [1.807, 2.05) is 24.3 Å². The lowest BCUT2D eigenvalue weighted by Crippen LogP contribution is -2.76. The minimum absolute atomic E-state index is 0.351. The minimum Gasteiger partial charge on any atom is -0.456 e. The Morgan fingerprint density at radius 1 is 0.729 bits per heavy atom. The highest BCUT2D eigenvalue weighted by Gasteiger charge is 2.69. The van der Waals surface area contributed by atoms with Crippen LogP contribution in [0.4, 0.5) is 0 Å². The molecule has 0 amide bonds. The van der Waals surface area contributed by atoms with Crippen LogP contribution < -0.4 is 14.0 Å². The van der Waals surface area contributed by atoms with Gasteiger partial charge in [0.2, 0.25) is 16.0 Å². The average Bonchev–Trinajstić information content (AvgIpc) is 3.85. The number of fused-ring (bicyclic) bond motifs is 10. The van der Waals surface area contributed by atoms with Gasteiger partial charge in [-0.1, -0.05) is 53.2 Å². The van der Waals surface area contributed by atoms with E-state index in [1.54, 1.807) is 12.1 Å². The van der Waals surface area contributed by atoms with Gasteiger partial charge in [-0.15, -0.1) is 4.68 Å². The van der Waals surface area contributed by atoms with Gasteiger partial charge in [0.15, 0.2) is 16.6 Å². The summed E-state index contributed by atoms with van der Waals surface area (Å²) in [6.07, 6.45) is 6.41. The highest BCUT2D eigenvalue weighted by Crippen LogP contribution is 2.57. The van der Waals surface area contributed by atoms with E-state index in [2.05, 4.69) is 117 Å². The van der Waals surface area contributed by atoms with Gasteiger partial charge in [0, 0.05) is 39.6 Å². The van der Waals surface area contributed by atoms with E-state index in [-0.39, 0.29) is 0 Å². The van der Waals surface area contributed by atoms with Crippen molar-refractivity contribution in [2.75, 3.05) is 0 Å². The molecule has 12 rings (SSSR count). The number of aryl methyl sites for hydroxylation is 1. The number of pyridine rings is 1. The molecule has 0 saturated heterocycles. The molecule has 0 aliphatic carbocycles. The fourth-order valence-electron chi connectivity index (χ4n) is 9.15. The molecule has 48 heavy (non-hydrogen) atoms. The van der Waals surface area contributed by atoms with Gasteiger partial charge in [0.1, 0.15) is 22.7 Å². The van der Waals surface area contributed by atoms with Gasteiger partial charge in [-0.05, 0) is 66.6 Å². The highest BCUT2D eigenvalue weighted by molar-refractivity contribution is 7.92. The molecule has 0 bridgehead atoms. The smallest absolute Gasteiger partial charge is 0.397 e. The van der Waals surface area contributed by atoms with Crippen LogP contribution in [-0.2, 0) is 15.5 Å². The molecule has 0 N–H and O–H groups in total. The number of sulfone groups is 1. The first-order chi connectivity index (χ1) is 23.5. The normalized spacial score (nSPS) is 17.9. The van der Waals surface area contributed by atoms with Crippen LogP contribution in [0.25, 0.3) is 55.6 Å². The van der Waals surface area contributed by atoms with Crippen molar-refractivity contribution in [2.24, 2.45) is 0 Å². The van der Waals surface area contributed by atoms with E-state index in [0.29, 0.717) is 9.79 Å². The summed E-state index contributed by atoms with van der Waals surface area (Å²) in [5.41, 5.74) is 8.90. The van der Waals surface area contributed by atoms with Gasteiger partial charge < -0.3 is 4.74 Å². The fraction of sp³-hybridized carbons (Fsp3) is 0.0500. The van der Waals surface area contributed by atoms with E-state index in [0.717, 1.165) is 73.0 Å². The summed E-state index contributed by atoms with van der Waals surface area (Å²) in [4.78, 5) is 0.717. The van der Waals surface area contributed by atoms with Gasteiger partial charge in [0.25, 0.3) is 5.82 Å². The van der Waals surface area contributed by atoms with Crippen molar-refractivity contribution in [3.05, 3.63) is 144 Å². The molecule has 1 atom stereocenters. The summed E-state index contributed by atoms with van der Waals surface area (Å²) < 4.78 is 43.9. The fourth-order valence-corrected chi connectivity index (χ4v) is 10.9. The highest BCUT2D eigenvalue weighted by atomic mass is 32.2. The summed E-state index contributed by atoms with van der Waals surface area (Å²) >= 11 is 0. The van der Waals surface area contributed by atoms with Crippen LogP contribution in [0.5, 0.6) is 11.5 Å². The molecule has 3 aromatic heterocycles. The largest absolute Gasteiger partial charge is 0.456 e. The van der Waals surface area contributed by atoms with Crippen molar-refractivity contribution in [3.63, 3.8) is 0 Å². The van der Waals surface area contributed by atoms with E-state index in [1.165, 1.54) is 10.8 Å². The molecule has 4 aliphatic heterocycles. The lowest BCUT2D eigenvalue weighted by atomic mass is 9.81. The number of benzene rings is 5. The third kappa shape index (κ3) is 2.53. The molecule has 0 radical (unpaired) electrons. The predicted molar refractivity (Wildman–Crippen MR) is 180 cm³/mol. The third-order valence-corrected chi connectivity index (χ3v) is 12.7. The molecular formula is C40H24N4O3S+2. The van der Waals surface area contributed by atoms with Crippen LogP contribution >= 0.6 is 0 Å². The van der Waals surface area contributed by atoms with Crippen LogP contribution in [-0.4, -0.2) is 17.7 Å². The first kappa shape index (κ1) is 25.1. The second kappa shape index (κ2) is 7.93. The van der Waals surface area contributed by atoms with Crippen LogP contribution in [0.15, 0.2) is 138 Å². The van der Waals surface area contributed by atoms with Crippen molar-refractivity contribution in [3.8, 4) is 45.3 Å². The maximum atomic E-state index is 13.8. The molecule has 5 aromatic carbocycles. The molecule has 7 heterocycles. The molecule has 8 aromatic rings. The summed E-state index contributed by atoms with van der Waals surface area (Å²) in [5, 5.41) is 2.37. The van der Waals surface area contributed by atoms with Crippen molar-refractivity contribution in [1.82, 2.24) is 9.25 Å². The van der Waals surface area contributed by atoms with Crippen molar-refractivity contribution < 1.29 is 22.4 Å². The topological polar surface area (TPSA) is 61.0 Å². The van der Waals surface area contributed by atoms with E-state index < -0.39 is 15.5 Å². The van der Waals surface area contributed by atoms with E-state index >= 15 is 0 Å². The zero-order chi connectivity index (χ0) is 31.7. The van der Waals surface area contributed by atoms with Crippen LogP contribution in [0.3, 0.4) is 0 Å². The van der Waals surface area contributed by atoms with Gasteiger partial charge in [-0.25, -0.2) is 8.42 Å². The Balaban J connectivity index is 1.24. The molecule has 1 spiro atoms. The summed E-state index contributed by atoms with van der Waals surface area (Å²) in [6, 6.07) is 36.6. The van der Waals surface area contributed by atoms with E-state index in [4.69, 9.17) is 4.74 Å². The monoisotopic (exact) mass is 640 g/mol. The molecule has 226 valence electrons. The lowest BCUT2D eigenvalue weighted by molar-refractivity contribution is -0.993. The Kier molecular flexibility index (Phi) is 4.15. The second-order valence-corrected chi connectivity index (χ2v) is 15.0. The first-order valence-corrected chi connectivity index (χ1v) is 17.5. The SMILES string of the molecule is Cc1cc2c3c(c1-c1ccc4c(c1)S(=O)(=O)c1ccccc1-4)-n1ccc[n+]1C31c3c(ccc4c5ccccc5n(c34)-c3cccc[n+]31)O2. The lowest BCUT2D eigenvalue weighted by Gasteiger charge is -2.33. The molecule has 1 unspecified atom stereocenters. The molecule has 4 aliphatic rings. The number of para-hydroxylation sites is 1. The Morgan fingerprint density at radius 3 is 2.50 bits per heavy atom. The summed E-state index contributed by atoms with van der Waals surface area (Å²) in [5.74, 6) is 2.67. The number of ether oxygens (including phenoxy) is 1. The Morgan fingerprint density at radius 2 is 1.56 bits per heavy atom. The van der Waals surface area contributed by atoms with Gasteiger partial charge in [-0.2, -0.15) is 9.13 Å². The van der Waals surface area contributed by atoms with Crippen LogP contribution in [0.2, 0.25) is 0 Å². The quantitative estimate of drug-likeness (QED) is 0.182. The first-order valence-electron chi connectivity index (χ1n) is 16.0. The molecule has 7 nitrogen and oxygen atoms in total. The van der Waals surface area contributed by atoms with Gasteiger partial charge in [-0.3, -0.25) is 0 Å². The molecule has 0 saturated carbocycles. The maximum Gasteiger partial charge on any atom is 0.397 e. The molecule has 0 fully saturated rings. The van der Waals surface area contributed by atoms with Crippen LogP contribution in [0.1, 0.15) is 16.7 Å². The predicted octanol–water partition coefficient (Wildman–Crippen LogP) is 6.97. The zero-order valence-electron chi connectivity index (χ0n) is 25.5. The van der Waals surface area contributed by atoms with Crippen molar-refractivity contribution >= 4 is 31.6 Å². The standard InChI is InChI=1S/C40H24N4O3S/c1-23-21-31-37-39(35(23)24-14-15-27-26-10-3-5-12-32(26)48(45,46)33(27)22-24)42-19-8-20-43(42)40(37)36-30(47-31)17-16-28-25-9-2-4-11-29(25)44(38(28)36)34-13-6-7-18-41(34)40/h2-22H,1H3/q+2. The number of nitrogens with zero attached hydrogens (tertiary/aromatic N) is 4. The maximum absolute atomic E-state index is 13.8. The van der Waals surface area contributed by atoms with E-state index in [9.17, 15) is 8.42 Å². The number of rotatable bonds is 1. The Hall–Kier alpha value is -5.99. The Bertz CT molecular complexity index is 2970. The van der Waals surface area contributed by atoms with Crippen molar-refractivity contribution in [1.29, 1.82) is 0 Å². The average molecular weight is 641 g/mol. The number of hydrogen-bond acceptors (Lipinski definition) is 3. The summed E-state index contributed by atoms with van der Waals surface area (Å²) in [7, 11) is -3.65. The molecular weight excluding hydrogens is 617 g/mol. The van der Waals surface area contributed by atoms with Gasteiger partial charge >= 0.3 is 5.66 Å². The van der Waals surface area contributed by atoms with Gasteiger partial charge in [0.05, 0.1) is 22.2 Å².